The molecule has 1 aromatic heterocycles. The lowest BCUT2D eigenvalue weighted by Gasteiger charge is -2.00. The first kappa shape index (κ1) is 11.4. The fraction of sp³-hybridized carbons (Fsp3) is 0.231. The lowest BCUT2D eigenvalue weighted by molar-refractivity contribution is 0.962. The first-order chi connectivity index (χ1) is 8.22. The van der Waals surface area contributed by atoms with Gasteiger partial charge in [-0.3, -0.25) is 9.78 Å². The molecule has 0 aliphatic heterocycles. The maximum Gasteiger partial charge on any atom is 0.326 e. The van der Waals surface area contributed by atoms with E-state index in [0.717, 1.165) is 18.4 Å². The third kappa shape index (κ3) is 2.36. The fourth-order valence-electron chi connectivity index (χ4n) is 1.76. The second-order valence-electron chi connectivity index (χ2n) is 3.87. The van der Waals surface area contributed by atoms with Crippen molar-refractivity contribution in [3.8, 4) is 0 Å². The zero-order valence-electron chi connectivity index (χ0n) is 9.62. The number of rotatable bonds is 3. The van der Waals surface area contributed by atoms with Gasteiger partial charge in [0.05, 0.1) is 10.9 Å². The Morgan fingerprint density at radius 3 is 2.82 bits per heavy atom. The van der Waals surface area contributed by atoms with Crippen molar-refractivity contribution in [3.63, 3.8) is 0 Å². The summed E-state index contributed by atoms with van der Waals surface area (Å²) in [6.45, 7) is 2.09. The third-order valence-electron chi connectivity index (χ3n) is 2.55. The molecular formula is C13H14N2O2. The Bertz CT molecular complexity index is 665. The molecular weight excluding hydrogens is 216 g/mol. The molecule has 0 radical (unpaired) electrons. The number of allylic oxidation sites excluding steroid dienone is 1. The maximum atomic E-state index is 11.7. The molecule has 2 N–H and O–H groups in total. The highest BCUT2D eigenvalue weighted by molar-refractivity contribution is 5.86. The quantitative estimate of drug-likeness (QED) is 0.847. The van der Waals surface area contributed by atoms with Gasteiger partial charge in [-0.1, -0.05) is 37.6 Å². The standard InChI is InChI=1S/C13H14N2O2/c1-2-3-4-6-9-7-5-8-10-11(9)12(16)15-13(17)14-10/h4-8H,2-3H2,1H3,(H2,14,15,16,17)/b6-4+. The molecule has 0 spiro atoms. The van der Waals surface area contributed by atoms with E-state index in [1.54, 1.807) is 6.07 Å². The Morgan fingerprint density at radius 1 is 1.24 bits per heavy atom. The van der Waals surface area contributed by atoms with Crippen LogP contribution in [0.2, 0.25) is 0 Å². The van der Waals surface area contributed by atoms with Gasteiger partial charge in [-0.25, -0.2) is 4.79 Å². The summed E-state index contributed by atoms with van der Waals surface area (Å²) in [4.78, 5) is 27.8. The van der Waals surface area contributed by atoms with Crippen LogP contribution in [0, 0.1) is 0 Å². The minimum Gasteiger partial charge on any atom is -0.307 e. The predicted octanol–water partition coefficient (Wildman–Crippen LogP) is 2.03. The van der Waals surface area contributed by atoms with Crippen LogP contribution in [0.25, 0.3) is 17.0 Å². The second kappa shape index (κ2) is 4.82. The average Bonchev–Trinajstić information content (AvgIpc) is 2.28. The fourth-order valence-corrected chi connectivity index (χ4v) is 1.76. The molecule has 0 fully saturated rings. The monoisotopic (exact) mass is 230 g/mol. The molecule has 2 aromatic rings. The summed E-state index contributed by atoms with van der Waals surface area (Å²) in [6.07, 6.45) is 5.98. The van der Waals surface area contributed by atoms with Crippen molar-refractivity contribution >= 4 is 17.0 Å². The molecule has 0 aliphatic carbocycles. The van der Waals surface area contributed by atoms with Crippen molar-refractivity contribution in [1.29, 1.82) is 0 Å². The van der Waals surface area contributed by atoms with Crippen molar-refractivity contribution in [2.45, 2.75) is 19.8 Å². The van der Waals surface area contributed by atoms with Gasteiger partial charge in [0.15, 0.2) is 0 Å². The highest BCUT2D eigenvalue weighted by Gasteiger charge is 2.03. The summed E-state index contributed by atoms with van der Waals surface area (Å²) in [5.41, 5.74) is 0.573. The summed E-state index contributed by atoms with van der Waals surface area (Å²) >= 11 is 0. The molecule has 4 heteroatoms. The predicted molar refractivity (Wildman–Crippen MR) is 69.1 cm³/mol. The van der Waals surface area contributed by atoms with E-state index in [0.29, 0.717) is 10.9 Å². The SMILES string of the molecule is CCC/C=C/c1cccc2[nH]c(=O)[nH]c(=O)c12. The lowest BCUT2D eigenvalue weighted by Crippen LogP contribution is -2.22. The van der Waals surface area contributed by atoms with Crippen molar-refractivity contribution in [3.05, 3.63) is 50.7 Å². The molecule has 0 unspecified atom stereocenters. The van der Waals surface area contributed by atoms with Gasteiger partial charge in [0, 0.05) is 0 Å². The molecule has 1 aromatic carbocycles. The zero-order valence-corrected chi connectivity index (χ0v) is 9.62. The number of aromatic amines is 2. The van der Waals surface area contributed by atoms with Gasteiger partial charge in [-0.15, -0.1) is 0 Å². The van der Waals surface area contributed by atoms with Crippen LogP contribution >= 0.6 is 0 Å². The molecule has 0 saturated heterocycles. The molecule has 0 amide bonds. The molecule has 0 aliphatic rings. The van der Waals surface area contributed by atoms with Crippen LogP contribution < -0.4 is 11.2 Å². The molecule has 4 nitrogen and oxygen atoms in total. The molecule has 88 valence electrons. The number of hydrogen-bond donors (Lipinski definition) is 2. The van der Waals surface area contributed by atoms with Gasteiger partial charge in [0.1, 0.15) is 0 Å². The Balaban J connectivity index is 2.65. The molecule has 0 bridgehead atoms. The number of hydrogen-bond acceptors (Lipinski definition) is 2. The van der Waals surface area contributed by atoms with Gasteiger partial charge >= 0.3 is 5.69 Å². The van der Waals surface area contributed by atoms with E-state index in [4.69, 9.17) is 0 Å². The molecule has 1 heterocycles. The largest absolute Gasteiger partial charge is 0.326 e. The Kier molecular flexibility index (Phi) is 3.23. The first-order valence-corrected chi connectivity index (χ1v) is 5.64. The summed E-state index contributed by atoms with van der Waals surface area (Å²) in [6, 6.07) is 5.41. The van der Waals surface area contributed by atoms with E-state index in [1.807, 2.05) is 24.3 Å². The molecule has 0 atom stereocenters. The van der Waals surface area contributed by atoms with Gasteiger partial charge in [-0.05, 0) is 18.1 Å². The van der Waals surface area contributed by atoms with E-state index in [1.165, 1.54) is 0 Å². The van der Waals surface area contributed by atoms with Crippen molar-refractivity contribution in [2.75, 3.05) is 0 Å². The normalized spacial score (nSPS) is 11.4. The van der Waals surface area contributed by atoms with Crippen molar-refractivity contribution in [1.82, 2.24) is 9.97 Å². The van der Waals surface area contributed by atoms with E-state index in [-0.39, 0.29) is 5.56 Å². The molecule has 17 heavy (non-hydrogen) atoms. The Hall–Kier alpha value is -2.10. The van der Waals surface area contributed by atoms with E-state index in [9.17, 15) is 9.59 Å². The summed E-state index contributed by atoms with van der Waals surface area (Å²) < 4.78 is 0. The van der Waals surface area contributed by atoms with Crippen LogP contribution in [0.15, 0.2) is 33.9 Å². The highest BCUT2D eigenvalue weighted by Crippen LogP contribution is 2.13. The molecule has 0 saturated carbocycles. The third-order valence-corrected chi connectivity index (χ3v) is 2.55. The van der Waals surface area contributed by atoms with Gasteiger partial charge < -0.3 is 4.98 Å². The number of nitrogens with one attached hydrogen (secondary N) is 2. The Morgan fingerprint density at radius 2 is 2.06 bits per heavy atom. The Labute approximate surface area is 98.0 Å². The number of aromatic nitrogens is 2. The van der Waals surface area contributed by atoms with Crippen molar-refractivity contribution in [2.24, 2.45) is 0 Å². The van der Waals surface area contributed by atoms with Crippen molar-refractivity contribution < 1.29 is 0 Å². The van der Waals surface area contributed by atoms with Gasteiger partial charge in [-0.2, -0.15) is 0 Å². The average molecular weight is 230 g/mol. The van der Waals surface area contributed by atoms with Crippen LogP contribution in [0.1, 0.15) is 25.3 Å². The number of unbranched alkanes of at least 4 members (excludes halogenated alkanes) is 1. The number of benzene rings is 1. The van der Waals surface area contributed by atoms with Crippen LogP contribution in [0.4, 0.5) is 0 Å². The van der Waals surface area contributed by atoms with Gasteiger partial charge in [0.25, 0.3) is 5.56 Å². The smallest absolute Gasteiger partial charge is 0.307 e. The number of fused-ring (bicyclic) bond motifs is 1. The van der Waals surface area contributed by atoms with Crippen LogP contribution in [-0.2, 0) is 0 Å². The molecule has 2 rings (SSSR count). The minimum absolute atomic E-state index is 0.347. The van der Waals surface area contributed by atoms with Crippen LogP contribution in [0.3, 0.4) is 0 Å². The van der Waals surface area contributed by atoms with Gasteiger partial charge in [0.2, 0.25) is 0 Å². The van der Waals surface area contributed by atoms with E-state index < -0.39 is 5.69 Å². The summed E-state index contributed by atoms with van der Waals surface area (Å²) in [5, 5.41) is 0.527. The lowest BCUT2D eigenvalue weighted by atomic mass is 10.1. The van der Waals surface area contributed by atoms with Crippen LogP contribution in [-0.4, -0.2) is 9.97 Å². The second-order valence-corrected chi connectivity index (χ2v) is 3.87. The number of H-pyrrole nitrogens is 2. The van der Waals surface area contributed by atoms with Crippen LogP contribution in [0.5, 0.6) is 0 Å². The maximum absolute atomic E-state index is 11.7. The zero-order chi connectivity index (χ0) is 12.3. The summed E-state index contributed by atoms with van der Waals surface area (Å²) in [7, 11) is 0. The minimum atomic E-state index is -0.475. The van der Waals surface area contributed by atoms with E-state index >= 15 is 0 Å². The topological polar surface area (TPSA) is 65.7 Å². The first-order valence-electron chi connectivity index (χ1n) is 5.64. The van der Waals surface area contributed by atoms with E-state index in [2.05, 4.69) is 16.9 Å². The summed E-state index contributed by atoms with van der Waals surface area (Å²) in [5.74, 6) is 0. The highest BCUT2D eigenvalue weighted by atomic mass is 16.2.